The second kappa shape index (κ2) is 6.40. The third-order valence-corrected chi connectivity index (χ3v) is 2.84. The minimum absolute atomic E-state index is 0.742. The zero-order chi connectivity index (χ0) is 12.7. The Balaban J connectivity index is 2.15. The zero-order valence-corrected chi connectivity index (χ0v) is 10.6. The van der Waals surface area contributed by atoms with Gasteiger partial charge < -0.3 is 10.4 Å². The van der Waals surface area contributed by atoms with Crippen LogP contribution >= 0.6 is 0 Å². The highest BCUT2D eigenvalue weighted by atomic mass is 16.4. The second-order valence-corrected chi connectivity index (χ2v) is 4.80. The number of rotatable bonds is 7. The number of nitrogens with one attached hydrogen (secondary N) is 1. The van der Waals surface area contributed by atoms with E-state index in [1.807, 2.05) is 18.2 Å². The molecular weight excluding hydrogens is 214 g/mol. The predicted octanol–water partition coefficient (Wildman–Crippen LogP) is 2.46. The van der Waals surface area contributed by atoms with Gasteiger partial charge in [0.1, 0.15) is 5.54 Å². The molecule has 0 heterocycles. The van der Waals surface area contributed by atoms with Gasteiger partial charge in [0.15, 0.2) is 0 Å². The molecule has 0 bridgehead atoms. The largest absolute Gasteiger partial charge is 0.480 e. The molecule has 0 saturated carbocycles. The first-order chi connectivity index (χ1) is 8.02. The summed E-state index contributed by atoms with van der Waals surface area (Å²) in [7, 11) is 0. The van der Waals surface area contributed by atoms with Gasteiger partial charge in [0.05, 0.1) is 0 Å². The average Bonchev–Trinajstić information content (AvgIpc) is 2.29. The summed E-state index contributed by atoms with van der Waals surface area (Å²) in [4.78, 5) is 10.8. The van der Waals surface area contributed by atoms with Gasteiger partial charge >= 0.3 is 5.97 Å². The predicted molar refractivity (Wildman–Crippen MR) is 69.1 cm³/mol. The van der Waals surface area contributed by atoms with E-state index < -0.39 is 11.5 Å². The van der Waals surface area contributed by atoms with Crippen LogP contribution in [0.15, 0.2) is 30.3 Å². The Kier molecular flexibility index (Phi) is 5.16. The van der Waals surface area contributed by atoms with Gasteiger partial charge in [-0.2, -0.15) is 0 Å². The third kappa shape index (κ3) is 5.00. The van der Waals surface area contributed by atoms with E-state index >= 15 is 0 Å². The SMILES string of the molecule is CC(C)(NCCCCc1ccccc1)C(=O)O. The molecule has 0 aromatic heterocycles. The van der Waals surface area contributed by atoms with Crippen LogP contribution in [0.3, 0.4) is 0 Å². The summed E-state index contributed by atoms with van der Waals surface area (Å²) in [6, 6.07) is 10.3. The number of hydrogen-bond donors (Lipinski definition) is 2. The molecule has 0 amide bonds. The molecule has 94 valence electrons. The highest BCUT2D eigenvalue weighted by Crippen LogP contribution is 2.05. The minimum Gasteiger partial charge on any atom is -0.480 e. The van der Waals surface area contributed by atoms with Crippen LogP contribution in [-0.4, -0.2) is 23.2 Å². The smallest absolute Gasteiger partial charge is 0.323 e. The molecule has 1 rings (SSSR count). The molecule has 1 aromatic rings. The molecule has 0 fully saturated rings. The van der Waals surface area contributed by atoms with Crippen LogP contribution in [-0.2, 0) is 11.2 Å². The van der Waals surface area contributed by atoms with Crippen LogP contribution in [0.4, 0.5) is 0 Å². The number of carboxylic acids is 1. The molecule has 0 aliphatic rings. The van der Waals surface area contributed by atoms with Crippen molar-refractivity contribution in [2.24, 2.45) is 0 Å². The molecule has 0 aliphatic heterocycles. The lowest BCUT2D eigenvalue weighted by molar-refractivity contribution is -0.143. The van der Waals surface area contributed by atoms with Crippen molar-refractivity contribution < 1.29 is 9.90 Å². The molecule has 0 saturated heterocycles. The van der Waals surface area contributed by atoms with Gasteiger partial charge in [-0.05, 0) is 45.2 Å². The standard InChI is InChI=1S/C14H21NO2/c1-14(2,13(16)17)15-11-7-6-10-12-8-4-3-5-9-12/h3-5,8-9,15H,6-7,10-11H2,1-2H3,(H,16,17). The molecule has 2 N–H and O–H groups in total. The molecular formula is C14H21NO2. The Morgan fingerprint density at radius 1 is 1.24 bits per heavy atom. The number of carbonyl (C=O) groups is 1. The first-order valence-electron chi connectivity index (χ1n) is 6.05. The normalized spacial score (nSPS) is 11.4. The summed E-state index contributed by atoms with van der Waals surface area (Å²) >= 11 is 0. The van der Waals surface area contributed by atoms with Crippen LogP contribution in [0.5, 0.6) is 0 Å². The van der Waals surface area contributed by atoms with E-state index in [0.717, 1.165) is 25.8 Å². The molecule has 0 radical (unpaired) electrons. The summed E-state index contributed by atoms with van der Waals surface area (Å²) in [6.45, 7) is 4.12. The van der Waals surface area contributed by atoms with E-state index in [-0.39, 0.29) is 0 Å². The van der Waals surface area contributed by atoms with Crippen molar-refractivity contribution in [2.75, 3.05) is 6.54 Å². The van der Waals surface area contributed by atoms with Crippen LogP contribution in [0.1, 0.15) is 32.3 Å². The van der Waals surface area contributed by atoms with Crippen LogP contribution < -0.4 is 5.32 Å². The van der Waals surface area contributed by atoms with E-state index in [1.165, 1.54) is 5.56 Å². The minimum atomic E-state index is -0.827. The summed E-state index contributed by atoms with van der Waals surface area (Å²) in [5.41, 5.74) is 0.511. The second-order valence-electron chi connectivity index (χ2n) is 4.80. The molecule has 3 heteroatoms. The quantitative estimate of drug-likeness (QED) is 0.714. The Labute approximate surface area is 103 Å². The fourth-order valence-electron chi connectivity index (χ4n) is 1.58. The van der Waals surface area contributed by atoms with Crippen LogP contribution in [0.2, 0.25) is 0 Å². The number of carboxylic acid groups (broad SMARTS) is 1. The Morgan fingerprint density at radius 2 is 1.88 bits per heavy atom. The molecule has 0 unspecified atom stereocenters. The zero-order valence-electron chi connectivity index (χ0n) is 10.6. The average molecular weight is 235 g/mol. The topological polar surface area (TPSA) is 49.3 Å². The number of aryl methyl sites for hydroxylation is 1. The Hall–Kier alpha value is -1.35. The van der Waals surface area contributed by atoms with Crippen molar-refractivity contribution in [3.63, 3.8) is 0 Å². The molecule has 0 atom stereocenters. The monoisotopic (exact) mass is 235 g/mol. The summed E-state index contributed by atoms with van der Waals surface area (Å²) in [6.07, 6.45) is 3.12. The van der Waals surface area contributed by atoms with Gasteiger partial charge in [0, 0.05) is 0 Å². The van der Waals surface area contributed by atoms with Crippen molar-refractivity contribution in [3.05, 3.63) is 35.9 Å². The highest BCUT2D eigenvalue weighted by Gasteiger charge is 2.25. The molecule has 0 aliphatic carbocycles. The molecule has 0 spiro atoms. The number of unbranched alkanes of at least 4 members (excludes halogenated alkanes) is 1. The molecule has 3 nitrogen and oxygen atoms in total. The summed E-state index contributed by atoms with van der Waals surface area (Å²) < 4.78 is 0. The summed E-state index contributed by atoms with van der Waals surface area (Å²) in [5, 5.41) is 12.0. The molecule has 1 aromatic carbocycles. The lowest BCUT2D eigenvalue weighted by Crippen LogP contribution is -2.47. The van der Waals surface area contributed by atoms with Gasteiger partial charge in [0.25, 0.3) is 0 Å². The van der Waals surface area contributed by atoms with Gasteiger partial charge in [-0.3, -0.25) is 4.79 Å². The van der Waals surface area contributed by atoms with Crippen LogP contribution in [0.25, 0.3) is 0 Å². The maximum atomic E-state index is 10.8. The van der Waals surface area contributed by atoms with Crippen LogP contribution in [0, 0.1) is 0 Å². The van der Waals surface area contributed by atoms with E-state index in [1.54, 1.807) is 13.8 Å². The van der Waals surface area contributed by atoms with Crippen molar-refractivity contribution in [1.82, 2.24) is 5.32 Å². The Morgan fingerprint density at radius 3 is 2.47 bits per heavy atom. The maximum Gasteiger partial charge on any atom is 0.323 e. The lowest BCUT2D eigenvalue weighted by Gasteiger charge is -2.20. The van der Waals surface area contributed by atoms with E-state index in [9.17, 15) is 4.79 Å². The summed E-state index contributed by atoms with van der Waals surface area (Å²) in [5.74, 6) is -0.805. The molecule has 17 heavy (non-hydrogen) atoms. The van der Waals surface area contributed by atoms with Crippen molar-refractivity contribution in [3.8, 4) is 0 Å². The fraction of sp³-hybridized carbons (Fsp3) is 0.500. The van der Waals surface area contributed by atoms with Gasteiger partial charge in [-0.15, -0.1) is 0 Å². The van der Waals surface area contributed by atoms with Gasteiger partial charge in [-0.1, -0.05) is 30.3 Å². The first kappa shape index (κ1) is 13.7. The van der Waals surface area contributed by atoms with Gasteiger partial charge in [0.2, 0.25) is 0 Å². The van der Waals surface area contributed by atoms with Gasteiger partial charge in [-0.25, -0.2) is 0 Å². The van der Waals surface area contributed by atoms with Crippen molar-refractivity contribution in [2.45, 2.75) is 38.6 Å². The third-order valence-electron chi connectivity index (χ3n) is 2.84. The van der Waals surface area contributed by atoms with Crippen molar-refractivity contribution >= 4 is 5.97 Å². The number of hydrogen-bond acceptors (Lipinski definition) is 2. The fourth-order valence-corrected chi connectivity index (χ4v) is 1.58. The number of aliphatic carboxylic acids is 1. The van der Waals surface area contributed by atoms with E-state index in [0.29, 0.717) is 0 Å². The maximum absolute atomic E-state index is 10.8. The first-order valence-corrected chi connectivity index (χ1v) is 6.05. The Bertz CT molecular complexity index is 346. The lowest BCUT2D eigenvalue weighted by atomic mass is 10.1. The van der Waals surface area contributed by atoms with Crippen molar-refractivity contribution in [1.29, 1.82) is 0 Å². The number of benzene rings is 1. The highest BCUT2D eigenvalue weighted by molar-refractivity contribution is 5.77. The van der Waals surface area contributed by atoms with E-state index in [2.05, 4.69) is 17.4 Å². The van der Waals surface area contributed by atoms with E-state index in [4.69, 9.17) is 5.11 Å².